The first-order valence-corrected chi connectivity index (χ1v) is 7.14. The number of carbonyl (C=O) groups is 2. The van der Waals surface area contributed by atoms with Gasteiger partial charge in [0.15, 0.2) is 0 Å². The highest BCUT2D eigenvalue weighted by molar-refractivity contribution is 5.94. The van der Waals surface area contributed by atoms with Gasteiger partial charge in [0.05, 0.1) is 24.4 Å². The minimum atomic E-state index is -0.709. The number of hydrogen-bond donors (Lipinski definition) is 3. The van der Waals surface area contributed by atoms with Crippen LogP contribution in [0, 0.1) is 11.3 Å². The van der Waals surface area contributed by atoms with Crippen LogP contribution in [0.4, 0.5) is 10.5 Å². The Morgan fingerprint density at radius 3 is 2.48 bits per heavy atom. The predicted octanol–water partition coefficient (Wildman–Crippen LogP) is 1.99. The Hall–Kier alpha value is -2.75. The summed E-state index contributed by atoms with van der Waals surface area (Å²) in [4.78, 5) is 24.0. The molecule has 0 unspecified atom stereocenters. The Morgan fingerprint density at radius 2 is 1.96 bits per heavy atom. The van der Waals surface area contributed by atoms with E-state index in [1.165, 1.54) is 13.2 Å². The molecule has 0 radical (unpaired) electrons. The van der Waals surface area contributed by atoms with Crippen molar-refractivity contribution in [2.45, 2.75) is 39.3 Å². The van der Waals surface area contributed by atoms with Crippen LogP contribution in [-0.4, -0.2) is 30.6 Å². The van der Waals surface area contributed by atoms with Gasteiger partial charge in [-0.15, -0.1) is 0 Å². The molecular formula is C16H22N4O3. The molecule has 1 aromatic rings. The third-order valence-electron chi connectivity index (χ3n) is 2.82. The van der Waals surface area contributed by atoms with Gasteiger partial charge < -0.3 is 20.7 Å². The van der Waals surface area contributed by atoms with Crippen molar-refractivity contribution in [3.8, 4) is 11.8 Å². The summed E-state index contributed by atoms with van der Waals surface area (Å²) in [7, 11) is 1.46. The molecule has 3 amide bonds. The van der Waals surface area contributed by atoms with E-state index in [1.54, 1.807) is 19.1 Å². The van der Waals surface area contributed by atoms with E-state index >= 15 is 0 Å². The Morgan fingerprint density at radius 1 is 1.30 bits per heavy atom. The number of urea groups is 1. The van der Waals surface area contributed by atoms with Gasteiger partial charge in [-0.2, -0.15) is 5.26 Å². The maximum absolute atomic E-state index is 12.0. The van der Waals surface area contributed by atoms with E-state index in [-0.39, 0.29) is 11.4 Å². The van der Waals surface area contributed by atoms with Gasteiger partial charge in [-0.25, -0.2) is 4.79 Å². The summed E-state index contributed by atoms with van der Waals surface area (Å²) in [5.74, 6) is 0.135. The predicted molar refractivity (Wildman–Crippen MR) is 87.2 cm³/mol. The van der Waals surface area contributed by atoms with Crippen LogP contribution in [0.15, 0.2) is 18.2 Å². The molecule has 7 nitrogen and oxygen atoms in total. The van der Waals surface area contributed by atoms with Crippen molar-refractivity contribution in [3.63, 3.8) is 0 Å². The monoisotopic (exact) mass is 318 g/mol. The quantitative estimate of drug-likeness (QED) is 0.790. The maximum atomic E-state index is 12.0. The van der Waals surface area contributed by atoms with E-state index < -0.39 is 12.1 Å². The molecule has 3 N–H and O–H groups in total. The second kappa shape index (κ2) is 7.49. The molecule has 0 fully saturated rings. The SMILES string of the molecule is COc1ccc(C#N)cc1NC(=O)N[C@H](C)C(=O)NC(C)(C)C. The lowest BCUT2D eigenvalue weighted by Crippen LogP contribution is -2.51. The summed E-state index contributed by atoms with van der Waals surface area (Å²) in [6.45, 7) is 7.16. The summed E-state index contributed by atoms with van der Waals surface area (Å²) in [6.07, 6.45) is 0. The number of rotatable bonds is 4. The molecule has 0 saturated heterocycles. The molecule has 0 heterocycles. The van der Waals surface area contributed by atoms with E-state index in [1.807, 2.05) is 26.8 Å². The minimum Gasteiger partial charge on any atom is -0.495 e. The fourth-order valence-corrected chi connectivity index (χ4v) is 1.77. The molecule has 0 aliphatic rings. The molecule has 7 heteroatoms. The number of anilines is 1. The molecule has 1 atom stereocenters. The topological polar surface area (TPSA) is 103 Å². The van der Waals surface area contributed by atoms with Crippen molar-refractivity contribution in [2.75, 3.05) is 12.4 Å². The van der Waals surface area contributed by atoms with Crippen molar-refractivity contribution in [1.82, 2.24) is 10.6 Å². The first-order valence-electron chi connectivity index (χ1n) is 7.14. The van der Waals surface area contributed by atoms with Crippen LogP contribution in [0.2, 0.25) is 0 Å². The zero-order chi connectivity index (χ0) is 17.6. The van der Waals surface area contributed by atoms with Crippen LogP contribution in [0.3, 0.4) is 0 Å². The number of hydrogen-bond acceptors (Lipinski definition) is 4. The van der Waals surface area contributed by atoms with Gasteiger partial charge in [0.2, 0.25) is 5.91 Å². The van der Waals surface area contributed by atoms with Crippen molar-refractivity contribution < 1.29 is 14.3 Å². The Balaban J connectivity index is 2.74. The highest BCUT2D eigenvalue weighted by Gasteiger charge is 2.21. The van der Waals surface area contributed by atoms with Crippen LogP contribution in [0.1, 0.15) is 33.3 Å². The van der Waals surface area contributed by atoms with Gasteiger partial charge in [0.1, 0.15) is 11.8 Å². The van der Waals surface area contributed by atoms with Crippen molar-refractivity contribution in [1.29, 1.82) is 5.26 Å². The molecule has 0 spiro atoms. The summed E-state index contributed by atoms with van der Waals surface area (Å²) in [6, 6.07) is 5.39. The summed E-state index contributed by atoms with van der Waals surface area (Å²) in [5.41, 5.74) is 0.362. The van der Waals surface area contributed by atoms with Crippen LogP contribution >= 0.6 is 0 Å². The lowest BCUT2D eigenvalue weighted by Gasteiger charge is -2.23. The zero-order valence-electron chi connectivity index (χ0n) is 14.0. The average Bonchev–Trinajstić information content (AvgIpc) is 2.45. The molecule has 0 aromatic heterocycles. The van der Waals surface area contributed by atoms with Crippen molar-refractivity contribution in [3.05, 3.63) is 23.8 Å². The fourth-order valence-electron chi connectivity index (χ4n) is 1.77. The summed E-state index contributed by atoms with van der Waals surface area (Å²) >= 11 is 0. The number of nitrogens with zero attached hydrogens (tertiary/aromatic N) is 1. The van der Waals surface area contributed by atoms with E-state index in [0.29, 0.717) is 17.0 Å². The smallest absolute Gasteiger partial charge is 0.319 e. The molecule has 0 bridgehead atoms. The normalized spacial score (nSPS) is 11.8. The van der Waals surface area contributed by atoms with Gasteiger partial charge in [-0.1, -0.05) is 0 Å². The second-order valence-corrected chi connectivity index (χ2v) is 6.09. The fraction of sp³-hybridized carbons (Fsp3) is 0.438. The van der Waals surface area contributed by atoms with Crippen molar-refractivity contribution >= 4 is 17.6 Å². The van der Waals surface area contributed by atoms with Crippen LogP contribution in [-0.2, 0) is 4.79 Å². The number of amides is 3. The molecule has 1 rings (SSSR count). The Labute approximate surface area is 136 Å². The lowest BCUT2D eigenvalue weighted by molar-refractivity contribution is -0.123. The van der Waals surface area contributed by atoms with Crippen LogP contribution in [0.5, 0.6) is 5.75 Å². The number of ether oxygens (including phenoxy) is 1. The van der Waals surface area contributed by atoms with E-state index in [9.17, 15) is 9.59 Å². The third-order valence-corrected chi connectivity index (χ3v) is 2.82. The van der Waals surface area contributed by atoms with Gasteiger partial charge in [-0.05, 0) is 45.9 Å². The molecule has 0 aliphatic carbocycles. The summed E-state index contributed by atoms with van der Waals surface area (Å²) < 4.78 is 5.13. The number of nitriles is 1. The third kappa shape index (κ3) is 5.87. The Kier molecular flexibility index (Phi) is 5.96. The molecular weight excluding hydrogens is 296 g/mol. The average molecular weight is 318 g/mol. The highest BCUT2D eigenvalue weighted by atomic mass is 16.5. The van der Waals surface area contributed by atoms with Gasteiger partial charge >= 0.3 is 6.03 Å². The number of carbonyl (C=O) groups excluding carboxylic acids is 2. The van der Waals surface area contributed by atoms with E-state index in [2.05, 4.69) is 16.0 Å². The van der Waals surface area contributed by atoms with Crippen LogP contribution < -0.4 is 20.7 Å². The molecule has 0 saturated carbocycles. The van der Waals surface area contributed by atoms with E-state index in [0.717, 1.165) is 0 Å². The molecule has 23 heavy (non-hydrogen) atoms. The first kappa shape index (κ1) is 18.3. The van der Waals surface area contributed by atoms with Crippen LogP contribution in [0.25, 0.3) is 0 Å². The first-order chi connectivity index (χ1) is 10.7. The zero-order valence-corrected chi connectivity index (χ0v) is 14.0. The highest BCUT2D eigenvalue weighted by Crippen LogP contribution is 2.25. The molecule has 124 valence electrons. The van der Waals surface area contributed by atoms with Gasteiger partial charge in [0, 0.05) is 5.54 Å². The van der Waals surface area contributed by atoms with E-state index in [4.69, 9.17) is 10.00 Å². The van der Waals surface area contributed by atoms with Gasteiger partial charge in [-0.3, -0.25) is 4.79 Å². The summed E-state index contributed by atoms with van der Waals surface area (Å²) in [5, 5.41) is 16.8. The van der Waals surface area contributed by atoms with Gasteiger partial charge in [0.25, 0.3) is 0 Å². The standard InChI is InChI=1S/C16H22N4O3/c1-10(14(21)20-16(2,3)4)18-15(22)19-12-8-11(9-17)6-7-13(12)23-5/h6-8,10H,1-5H3,(H,20,21)(H2,18,19,22)/t10-/m1/s1. The van der Waals surface area contributed by atoms with Crippen molar-refractivity contribution in [2.24, 2.45) is 0 Å². The molecule has 1 aromatic carbocycles. The lowest BCUT2D eigenvalue weighted by atomic mass is 10.1. The second-order valence-electron chi connectivity index (χ2n) is 6.09. The maximum Gasteiger partial charge on any atom is 0.319 e. The number of nitrogens with one attached hydrogen (secondary N) is 3. The molecule has 0 aliphatic heterocycles. The Bertz CT molecular complexity index is 629. The largest absolute Gasteiger partial charge is 0.495 e. The minimum absolute atomic E-state index is 0.287. The number of benzene rings is 1. The number of methoxy groups -OCH3 is 1.